The van der Waals surface area contributed by atoms with E-state index in [1.807, 2.05) is 24.3 Å². The molecule has 4 atom stereocenters. The Kier molecular flexibility index (Phi) is 12.5. The number of carbonyl (C=O) groups excluding carboxylic acids is 4. The Morgan fingerprint density at radius 1 is 0.907 bits per heavy atom. The Labute approximate surface area is 315 Å². The van der Waals surface area contributed by atoms with Crippen molar-refractivity contribution in [3.05, 3.63) is 106 Å². The molecule has 54 heavy (non-hydrogen) atoms. The topological polar surface area (TPSA) is 137 Å². The number of hydrogen-bond acceptors (Lipinski definition) is 6. The molecule has 0 saturated heterocycles. The highest BCUT2D eigenvalue weighted by Crippen LogP contribution is 2.33. The summed E-state index contributed by atoms with van der Waals surface area (Å²) >= 11 is 0. The highest BCUT2D eigenvalue weighted by atomic mass is 19.2. The molecule has 0 spiro atoms. The van der Waals surface area contributed by atoms with Gasteiger partial charge in [-0.1, -0.05) is 69.3 Å². The second kappa shape index (κ2) is 16.4. The van der Waals surface area contributed by atoms with Crippen LogP contribution in [0.2, 0.25) is 0 Å². The van der Waals surface area contributed by atoms with E-state index in [-0.39, 0.29) is 30.6 Å². The van der Waals surface area contributed by atoms with Crippen molar-refractivity contribution in [2.75, 3.05) is 7.05 Å². The first-order valence-electron chi connectivity index (χ1n) is 17.8. The van der Waals surface area contributed by atoms with E-state index in [9.17, 15) is 33.5 Å². The van der Waals surface area contributed by atoms with Gasteiger partial charge in [-0.05, 0) is 74.9 Å². The minimum atomic E-state index is -1.16. The molecule has 0 saturated carbocycles. The van der Waals surface area contributed by atoms with Crippen LogP contribution in [0, 0.1) is 17.0 Å². The van der Waals surface area contributed by atoms with Gasteiger partial charge in [0.1, 0.15) is 23.7 Å². The second-order valence-corrected chi connectivity index (χ2v) is 15.8. The number of ether oxygens (including phenoxy) is 1. The summed E-state index contributed by atoms with van der Waals surface area (Å²) in [6.07, 6.45) is -0.625. The van der Waals surface area contributed by atoms with Crippen LogP contribution in [0.5, 0.6) is 0 Å². The van der Waals surface area contributed by atoms with Crippen LogP contribution in [0.4, 0.5) is 13.6 Å². The predicted molar refractivity (Wildman–Crippen MR) is 198 cm³/mol. The van der Waals surface area contributed by atoms with Gasteiger partial charge in [0.05, 0.1) is 11.6 Å². The molecular formula is C41H50F2N4O7. The quantitative estimate of drug-likeness (QED) is 0.242. The number of hydrogen-bond donors (Lipinski definition) is 2. The Balaban J connectivity index is 1.75. The lowest BCUT2D eigenvalue weighted by molar-refractivity contribution is -0.152. The number of amides is 4. The summed E-state index contributed by atoms with van der Waals surface area (Å²) in [5.74, 6) is -5.06. The van der Waals surface area contributed by atoms with Crippen LogP contribution in [0.3, 0.4) is 0 Å². The minimum absolute atomic E-state index is 0.0189. The van der Waals surface area contributed by atoms with Crippen LogP contribution in [-0.4, -0.2) is 80.4 Å². The van der Waals surface area contributed by atoms with E-state index < -0.39 is 76.6 Å². The molecule has 1 aliphatic heterocycles. The number of carbonyl (C=O) groups is 5. The van der Waals surface area contributed by atoms with Crippen molar-refractivity contribution < 1.29 is 42.6 Å². The minimum Gasteiger partial charge on any atom is -0.478 e. The summed E-state index contributed by atoms with van der Waals surface area (Å²) in [5.41, 5.74) is 0.419. The molecule has 4 unspecified atom stereocenters. The number of nitrogens with one attached hydrogen (secondary N) is 1. The average Bonchev–Trinajstić information content (AvgIpc) is 3.10. The van der Waals surface area contributed by atoms with Gasteiger partial charge in [0.25, 0.3) is 0 Å². The molecule has 1 aliphatic rings. The van der Waals surface area contributed by atoms with Gasteiger partial charge in [0.15, 0.2) is 11.6 Å². The molecule has 13 heteroatoms. The number of benzene rings is 3. The molecule has 4 rings (SSSR count). The number of carboxylic acids is 1. The Morgan fingerprint density at radius 3 is 2.09 bits per heavy atom. The van der Waals surface area contributed by atoms with Gasteiger partial charge < -0.3 is 25.0 Å². The molecule has 4 amide bonds. The third kappa shape index (κ3) is 9.61. The summed E-state index contributed by atoms with van der Waals surface area (Å²) in [4.78, 5) is 71.7. The first kappa shape index (κ1) is 41.4. The van der Waals surface area contributed by atoms with Gasteiger partial charge in [0.2, 0.25) is 17.7 Å². The van der Waals surface area contributed by atoms with Gasteiger partial charge >= 0.3 is 12.1 Å². The fourth-order valence-electron chi connectivity index (χ4n) is 6.28. The van der Waals surface area contributed by atoms with E-state index in [4.69, 9.17) is 4.74 Å². The van der Waals surface area contributed by atoms with Crippen LogP contribution in [0.1, 0.15) is 94.0 Å². The van der Waals surface area contributed by atoms with Crippen molar-refractivity contribution in [1.29, 1.82) is 0 Å². The van der Waals surface area contributed by atoms with Crippen molar-refractivity contribution in [1.82, 2.24) is 20.0 Å². The number of halogens is 2. The fraction of sp³-hybridized carbons (Fsp3) is 0.439. The van der Waals surface area contributed by atoms with E-state index in [2.05, 4.69) is 5.32 Å². The molecule has 3 aromatic carbocycles. The first-order chi connectivity index (χ1) is 25.1. The number of rotatable bonds is 10. The van der Waals surface area contributed by atoms with Crippen LogP contribution in [0.15, 0.2) is 66.7 Å². The van der Waals surface area contributed by atoms with Crippen LogP contribution < -0.4 is 5.32 Å². The maximum Gasteiger partial charge on any atom is 0.410 e. The highest BCUT2D eigenvalue weighted by Gasteiger charge is 2.44. The lowest BCUT2D eigenvalue weighted by Crippen LogP contribution is -2.62. The van der Waals surface area contributed by atoms with Gasteiger partial charge in [-0.2, -0.15) is 0 Å². The molecular weight excluding hydrogens is 698 g/mol. The molecule has 2 N–H and O–H groups in total. The Morgan fingerprint density at radius 2 is 1.52 bits per heavy atom. The van der Waals surface area contributed by atoms with Crippen LogP contribution >= 0.6 is 0 Å². The van der Waals surface area contributed by atoms with E-state index in [1.165, 1.54) is 60.2 Å². The fourth-order valence-corrected chi connectivity index (χ4v) is 6.28. The molecule has 3 aromatic rings. The lowest BCUT2D eigenvalue weighted by Gasteiger charge is -2.43. The maximum atomic E-state index is 15.3. The molecule has 0 radical (unpaired) electrons. The molecule has 0 aromatic heterocycles. The smallest absolute Gasteiger partial charge is 0.410 e. The number of likely N-dealkylation sites (N-methyl/N-ethyl adjacent to an activating group) is 1. The standard InChI is InChI=1S/C41H50F2N4O7/c1-24(30-15-12-16-31(42)33(30)43)46(22-26-17-19-27(20-18-26)38(51)52)36(49)32-21-28-13-10-11-14-29(28)23-47(32)37(50)34(40(3,4)5)44-35(48)25(2)45(9)39(53)54-41(6,7)8/h10-20,24-25,32,34H,21-23H2,1-9H3,(H,44,48)(H,51,52). The van der Waals surface area contributed by atoms with Crippen molar-refractivity contribution in [2.24, 2.45) is 5.41 Å². The van der Waals surface area contributed by atoms with Gasteiger partial charge in [-0.3, -0.25) is 19.3 Å². The monoisotopic (exact) mass is 748 g/mol. The number of fused-ring (bicyclic) bond motifs is 1. The Hall–Kier alpha value is -5.33. The lowest BCUT2D eigenvalue weighted by atomic mass is 9.84. The molecule has 0 fully saturated rings. The van der Waals surface area contributed by atoms with E-state index in [0.717, 1.165) is 22.1 Å². The van der Waals surface area contributed by atoms with E-state index in [0.29, 0.717) is 5.56 Å². The van der Waals surface area contributed by atoms with Crippen molar-refractivity contribution in [3.8, 4) is 0 Å². The van der Waals surface area contributed by atoms with Crippen molar-refractivity contribution in [3.63, 3.8) is 0 Å². The van der Waals surface area contributed by atoms with E-state index >= 15 is 4.39 Å². The number of aromatic carboxylic acids is 1. The summed E-state index contributed by atoms with van der Waals surface area (Å²) in [5, 5.41) is 12.3. The van der Waals surface area contributed by atoms with Gasteiger partial charge in [0, 0.05) is 32.1 Å². The zero-order chi connectivity index (χ0) is 40.3. The predicted octanol–water partition coefficient (Wildman–Crippen LogP) is 6.49. The highest BCUT2D eigenvalue weighted by molar-refractivity contribution is 5.95. The normalized spacial score (nSPS) is 16.0. The molecule has 0 bridgehead atoms. The SMILES string of the molecule is CC(C(=O)NC(C(=O)N1Cc2ccccc2CC1C(=O)N(Cc1ccc(C(=O)O)cc1)C(C)c1cccc(F)c1F)C(C)(C)C)N(C)C(=O)OC(C)(C)C. The van der Waals surface area contributed by atoms with Gasteiger partial charge in [-0.25, -0.2) is 18.4 Å². The Bertz CT molecular complexity index is 1890. The zero-order valence-electron chi connectivity index (χ0n) is 32.3. The third-order valence-corrected chi connectivity index (χ3v) is 9.59. The second-order valence-electron chi connectivity index (χ2n) is 15.8. The third-order valence-electron chi connectivity index (χ3n) is 9.59. The number of carboxylic acid groups (broad SMARTS) is 1. The molecule has 1 heterocycles. The first-order valence-corrected chi connectivity index (χ1v) is 17.8. The summed E-state index contributed by atoms with van der Waals surface area (Å²) in [6.45, 7) is 13.4. The molecule has 290 valence electrons. The van der Waals surface area contributed by atoms with Crippen molar-refractivity contribution >= 4 is 29.8 Å². The van der Waals surface area contributed by atoms with Crippen LogP contribution in [0.25, 0.3) is 0 Å². The maximum absolute atomic E-state index is 15.3. The van der Waals surface area contributed by atoms with E-state index in [1.54, 1.807) is 48.5 Å². The summed E-state index contributed by atoms with van der Waals surface area (Å²) < 4.78 is 35.2. The number of nitrogens with zero attached hydrogens (tertiary/aromatic N) is 3. The zero-order valence-corrected chi connectivity index (χ0v) is 32.3. The van der Waals surface area contributed by atoms with Crippen LogP contribution in [-0.2, 0) is 38.6 Å². The van der Waals surface area contributed by atoms with Gasteiger partial charge in [-0.15, -0.1) is 0 Å². The summed E-state index contributed by atoms with van der Waals surface area (Å²) in [7, 11) is 1.43. The molecule has 0 aliphatic carbocycles. The summed E-state index contributed by atoms with van der Waals surface area (Å²) in [6, 6.07) is 12.6. The van der Waals surface area contributed by atoms with Crippen molar-refractivity contribution in [2.45, 2.75) is 105 Å². The largest absolute Gasteiger partial charge is 0.478 e. The molecule has 11 nitrogen and oxygen atoms in total. The average molecular weight is 749 g/mol.